The average molecular weight is 521 g/mol. The van der Waals surface area contributed by atoms with Crippen LogP contribution in [0.2, 0.25) is 0 Å². The summed E-state index contributed by atoms with van der Waals surface area (Å²) >= 11 is 0. The Kier molecular flexibility index (Phi) is 8.29. The summed E-state index contributed by atoms with van der Waals surface area (Å²) in [4.78, 5) is 40.7. The zero-order valence-corrected chi connectivity index (χ0v) is 22.6. The van der Waals surface area contributed by atoms with Crippen molar-refractivity contribution in [3.05, 3.63) is 63.2 Å². The van der Waals surface area contributed by atoms with E-state index >= 15 is 0 Å². The number of hydrogen-bond acceptors (Lipinski definition) is 7. The SMILES string of the molecule is CCC(=O)O/N=C(\CCC(=O)OC(C)C1CCCCC1)c1ccc2c(c1)C(C)(C)c1cc([N+](=O)[O-])ccc1-2. The van der Waals surface area contributed by atoms with Gasteiger partial charge in [0.1, 0.15) is 6.10 Å². The fourth-order valence-corrected chi connectivity index (χ4v) is 5.62. The maximum absolute atomic E-state index is 12.7. The summed E-state index contributed by atoms with van der Waals surface area (Å²) in [6, 6.07) is 10.8. The Morgan fingerprint density at radius 2 is 1.68 bits per heavy atom. The number of nitro groups is 1. The molecule has 202 valence electrons. The first kappa shape index (κ1) is 27.5. The second-order valence-electron chi connectivity index (χ2n) is 10.8. The van der Waals surface area contributed by atoms with E-state index in [-0.39, 0.29) is 41.9 Å². The quantitative estimate of drug-likeness (QED) is 0.118. The Bertz CT molecular complexity index is 1260. The van der Waals surface area contributed by atoms with Crippen LogP contribution in [0.3, 0.4) is 0 Å². The van der Waals surface area contributed by atoms with Gasteiger partial charge < -0.3 is 9.57 Å². The van der Waals surface area contributed by atoms with Crippen LogP contribution in [-0.4, -0.2) is 28.7 Å². The minimum absolute atomic E-state index is 0.0551. The number of carbonyl (C=O) groups excluding carboxylic acids is 2. The molecule has 0 aliphatic heterocycles. The van der Waals surface area contributed by atoms with Gasteiger partial charge in [0, 0.05) is 30.4 Å². The topological polar surface area (TPSA) is 108 Å². The second-order valence-corrected chi connectivity index (χ2v) is 10.8. The molecule has 0 bridgehead atoms. The van der Waals surface area contributed by atoms with Gasteiger partial charge in [-0.2, -0.15) is 0 Å². The Morgan fingerprint density at radius 1 is 1.03 bits per heavy atom. The lowest BCUT2D eigenvalue weighted by atomic mass is 9.81. The highest BCUT2D eigenvalue weighted by atomic mass is 16.7. The van der Waals surface area contributed by atoms with Crippen LogP contribution in [-0.2, 0) is 24.6 Å². The molecule has 0 N–H and O–H groups in total. The van der Waals surface area contributed by atoms with Crippen LogP contribution in [0.25, 0.3) is 11.1 Å². The largest absolute Gasteiger partial charge is 0.462 e. The normalized spacial score (nSPS) is 17.3. The monoisotopic (exact) mass is 520 g/mol. The van der Waals surface area contributed by atoms with Gasteiger partial charge in [0.05, 0.1) is 17.1 Å². The van der Waals surface area contributed by atoms with E-state index in [1.807, 2.05) is 39.0 Å². The first-order chi connectivity index (χ1) is 18.1. The van der Waals surface area contributed by atoms with Crippen LogP contribution >= 0.6 is 0 Å². The predicted octanol–water partition coefficient (Wildman–Crippen LogP) is 6.85. The molecule has 0 spiro atoms. The number of carbonyl (C=O) groups is 2. The van der Waals surface area contributed by atoms with Crippen molar-refractivity contribution in [3.8, 4) is 11.1 Å². The highest BCUT2D eigenvalue weighted by Gasteiger charge is 2.37. The van der Waals surface area contributed by atoms with E-state index in [1.165, 1.54) is 25.3 Å². The highest BCUT2D eigenvalue weighted by molar-refractivity contribution is 6.03. The summed E-state index contributed by atoms with van der Waals surface area (Å²) in [5, 5.41) is 15.5. The summed E-state index contributed by atoms with van der Waals surface area (Å²) in [5.74, 6) is -0.348. The number of hydrogen-bond donors (Lipinski definition) is 0. The van der Waals surface area contributed by atoms with Gasteiger partial charge in [-0.1, -0.05) is 57.3 Å². The minimum atomic E-state index is -0.480. The van der Waals surface area contributed by atoms with E-state index in [1.54, 1.807) is 19.1 Å². The van der Waals surface area contributed by atoms with Gasteiger partial charge in [0.15, 0.2) is 0 Å². The van der Waals surface area contributed by atoms with E-state index in [0.29, 0.717) is 11.6 Å². The third-order valence-corrected chi connectivity index (χ3v) is 7.95. The van der Waals surface area contributed by atoms with Gasteiger partial charge in [-0.25, -0.2) is 4.79 Å². The number of ether oxygens (including phenoxy) is 1. The number of oxime groups is 1. The third kappa shape index (κ3) is 5.79. The van der Waals surface area contributed by atoms with Crippen molar-refractivity contribution in [1.29, 1.82) is 0 Å². The Balaban J connectivity index is 1.56. The number of fused-ring (bicyclic) bond motifs is 3. The number of nitro benzene ring substituents is 1. The number of non-ortho nitro benzene ring substituents is 1. The zero-order valence-electron chi connectivity index (χ0n) is 22.6. The molecule has 2 aliphatic carbocycles. The molecule has 38 heavy (non-hydrogen) atoms. The third-order valence-electron chi connectivity index (χ3n) is 7.95. The van der Waals surface area contributed by atoms with E-state index < -0.39 is 11.4 Å². The first-order valence-corrected chi connectivity index (χ1v) is 13.5. The molecule has 0 saturated heterocycles. The molecule has 0 radical (unpaired) electrons. The van der Waals surface area contributed by atoms with Crippen molar-refractivity contribution in [2.24, 2.45) is 11.1 Å². The summed E-state index contributed by atoms with van der Waals surface area (Å²) in [5.41, 5.74) is 4.62. The summed E-state index contributed by atoms with van der Waals surface area (Å²) in [6.07, 6.45) is 6.21. The predicted molar refractivity (Wildman–Crippen MR) is 145 cm³/mol. The molecule has 8 nitrogen and oxygen atoms in total. The first-order valence-electron chi connectivity index (χ1n) is 13.5. The maximum atomic E-state index is 12.7. The van der Waals surface area contributed by atoms with E-state index in [0.717, 1.165) is 40.7 Å². The van der Waals surface area contributed by atoms with E-state index in [4.69, 9.17) is 9.57 Å². The van der Waals surface area contributed by atoms with Gasteiger partial charge in [-0.15, -0.1) is 0 Å². The lowest BCUT2D eigenvalue weighted by Gasteiger charge is -2.27. The van der Waals surface area contributed by atoms with Crippen molar-refractivity contribution in [3.63, 3.8) is 0 Å². The molecule has 1 atom stereocenters. The molecule has 0 heterocycles. The molecule has 2 aromatic carbocycles. The van der Waals surface area contributed by atoms with Crippen molar-refractivity contribution in [2.75, 3.05) is 0 Å². The standard InChI is InChI=1S/C30H36N2O6/c1-5-28(33)38-31-27(15-16-29(34)37-19(2)20-9-7-6-8-10-20)21-11-13-23-24-14-12-22(32(35)36)18-26(24)30(3,4)25(23)17-21/h11-14,17-20H,5-10,15-16H2,1-4H3/b31-27+. The molecule has 1 unspecified atom stereocenters. The molecule has 1 fully saturated rings. The van der Waals surface area contributed by atoms with Crippen molar-refractivity contribution in [1.82, 2.24) is 0 Å². The lowest BCUT2D eigenvalue weighted by molar-refractivity contribution is -0.384. The highest BCUT2D eigenvalue weighted by Crippen LogP contribution is 2.49. The molecule has 8 heteroatoms. The maximum Gasteiger partial charge on any atom is 0.334 e. The summed E-state index contributed by atoms with van der Waals surface area (Å²) < 4.78 is 5.75. The fraction of sp³-hybridized carbons (Fsp3) is 0.500. The van der Waals surface area contributed by atoms with Crippen LogP contribution < -0.4 is 0 Å². The summed E-state index contributed by atoms with van der Waals surface area (Å²) in [6.45, 7) is 7.72. The Labute approximate surface area is 223 Å². The number of nitrogens with zero attached hydrogens (tertiary/aromatic N) is 2. The van der Waals surface area contributed by atoms with Crippen LogP contribution in [0.5, 0.6) is 0 Å². The number of rotatable bonds is 9. The number of esters is 1. The van der Waals surface area contributed by atoms with Gasteiger partial charge >= 0.3 is 11.9 Å². The zero-order chi connectivity index (χ0) is 27.4. The molecule has 4 rings (SSSR count). The average Bonchev–Trinajstić information content (AvgIpc) is 3.14. The van der Waals surface area contributed by atoms with Gasteiger partial charge in [-0.05, 0) is 65.6 Å². The Morgan fingerprint density at radius 3 is 2.34 bits per heavy atom. The smallest absolute Gasteiger partial charge is 0.334 e. The van der Waals surface area contributed by atoms with Crippen LogP contribution in [0.15, 0.2) is 41.6 Å². The van der Waals surface area contributed by atoms with Gasteiger partial charge in [0.2, 0.25) is 0 Å². The summed E-state index contributed by atoms with van der Waals surface area (Å²) in [7, 11) is 0. The lowest BCUT2D eigenvalue weighted by Crippen LogP contribution is -2.26. The Hall–Kier alpha value is -3.55. The van der Waals surface area contributed by atoms with E-state index in [9.17, 15) is 19.7 Å². The molecule has 2 aliphatic rings. The number of benzene rings is 2. The van der Waals surface area contributed by atoms with Crippen molar-refractivity contribution >= 4 is 23.3 Å². The molecular formula is C30H36N2O6. The molecule has 2 aromatic rings. The molecular weight excluding hydrogens is 484 g/mol. The van der Waals surface area contributed by atoms with Gasteiger partial charge in [0.25, 0.3) is 5.69 Å². The van der Waals surface area contributed by atoms with Crippen molar-refractivity contribution in [2.45, 2.75) is 90.6 Å². The minimum Gasteiger partial charge on any atom is -0.462 e. The fourth-order valence-electron chi connectivity index (χ4n) is 5.62. The molecule has 0 amide bonds. The van der Waals surface area contributed by atoms with Crippen molar-refractivity contribution < 1.29 is 24.1 Å². The van der Waals surface area contributed by atoms with E-state index in [2.05, 4.69) is 5.16 Å². The van der Waals surface area contributed by atoms with Crippen LogP contribution in [0, 0.1) is 16.0 Å². The second kappa shape index (κ2) is 11.5. The van der Waals surface area contributed by atoms with Gasteiger partial charge in [-0.3, -0.25) is 14.9 Å². The molecule has 1 saturated carbocycles. The van der Waals surface area contributed by atoms with Crippen LogP contribution in [0.4, 0.5) is 5.69 Å². The van der Waals surface area contributed by atoms with Crippen LogP contribution in [0.1, 0.15) is 95.8 Å². The molecule has 0 aromatic heterocycles.